The maximum absolute atomic E-state index is 3.06. The molecule has 2 N–H and O–H groups in total. The molecule has 0 rings (SSSR count). The highest BCUT2D eigenvalue weighted by Gasteiger charge is 1.95. The van der Waals surface area contributed by atoms with E-state index in [0.717, 1.165) is 0 Å². The molecule has 2 nitrogen and oxygen atoms in total. The van der Waals surface area contributed by atoms with Crippen molar-refractivity contribution in [1.29, 1.82) is 0 Å². The SMILES string of the molecule is C/C=C\C(NNC)SC. The van der Waals surface area contributed by atoms with Crippen molar-refractivity contribution in [3.05, 3.63) is 12.2 Å². The van der Waals surface area contributed by atoms with E-state index in [-0.39, 0.29) is 0 Å². The van der Waals surface area contributed by atoms with Gasteiger partial charge in [-0.25, -0.2) is 5.43 Å². The zero-order valence-corrected chi connectivity index (χ0v) is 6.96. The minimum Gasteiger partial charge on any atom is -0.260 e. The lowest BCUT2D eigenvalue weighted by Crippen LogP contribution is -2.34. The normalized spacial score (nSPS) is 14.6. The number of hydrogen-bond acceptors (Lipinski definition) is 3. The number of thioether (sulfide) groups is 1. The molecule has 0 saturated heterocycles. The van der Waals surface area contributed by atoms with Gasteiger partial charge in [-0.1, -0.05) is 12.2 Å². The molecule has 1 unspecified atom stereocenters. The Morgan fingerprint density at radius 3 is 2.56 bits per heavy atom. The Morgan fingerprint density at radius 1 is 1.56 bits per heavy atom. The van der Waals surface area contributed by atoms with Crippen LogP contribution in [0.5, 0.6) is 0 Å². The van der Waals surface area contributed by atoms with Gasteiger partial charge in [-0.2, -0.15) is 0 Å². The fraction of sp³-hybridized carbons (Fsp3) is 0.667. The van der Waals surface area contributed by atoms with Crippen LogP contribution in [-0.2, 0) is 0 Å². The third kappa shape index (κ3) is 4.51. The van der Waals surface area contributed by atoms with Crippen molar-refractivity contribution in [2.75, 3.05) is 13.3 Å². The average Bonchev–Trinajstić information content (AvgIpc) is 1.88. The Hall–Kier alpha value is 0.0100. The second-order valence-electron chi connectivity index (χ2n) is 1.58. The largest absolute Gasteiger partial charge is 0.260 e. The Labute approximate surface area is 61.1 Å². The van der Waals surface area contributed by atoms with Gasteiger partial charge in [-0.05, 0) is 20.2 Å². The molecule has 1 atom stereocenters. The number of hydrogen-bond donors (Lipinski definition) is 2. The molecule has 0 aliphatic rings. The van der Waals surface area contributed by atoms with E-state index in [4.69, 9.17) is 0 Å². The Bertz CT molecular complexity index is 83.1. The second kappa shape index (κ2) is 6.13. The Balaban J connectivity index is 3.41. The molecule has 0 amide bonds. The third-order valence-electron chi connectivity index (χ3n) is 0.908. The molecule has 0 fully saturated rings. The first-order chi connectivity index (χ1) is 4.35. The highest BCUT2D eigenvalue weighted by atomic mass is 32.2. The van der Waals surface area contributed by atoms with Crippen LogP contribution in [0.15, 0.2) is 12.2 Å². The molecule has 9 heavy (non-hydrogen) atoms. The molecule has 3 heteroatoms. The van der Waals surface area contributed by atoms with Gasteiger partial charge < -0.3 is 0 Å². The zero-order chi connectivity index (χ0) is 7.11. The highest BCUT2D eigenvalue weighted by Crippen LogP contribution is 2.01. The summed E-state index contributed by atoms with van der Waals surface area (Å²) in [5.41, 5.74) is 5.94. The third-order valence-corrected chi connectivity index (χ3v) is 1.69. The summed E-state index contributed by atoms with van der Waals surface area (Å²) in [6.07, 6.45) is 6.20. The van der Waals surface area contributed by atoms with E-state index in [1.54, 1.807) is 11.8 Å². The fourth-order valence-electron chi connectivity index (χ4n) is 0.503. The molecule has 0 aromatic carbocycles. The second-order valence-corrected chi connectivity index (χ2v) is 2.56. The van der Waals surface area contributed by atoms with Gasteiger partial charge in [0.05, 0.1) is 5.37 Å². The summed E-state index contributed by atoms with van der Waals surface area (Å²) in [6.45, 7) is 2.01. The maximum atomic E-state index is 3.06. The summed E-state index contributed by atoms with van der Waals surface area (Å²) in [6, 6.07) is 0. The fourth-order valence-corrected chi connectivity index (χ4v) is 1.05. The molecule has 0 saturated carbocycles. The number of rotatable bonds is 4. The van der Waals surface area contributed by atoms with E-state index in [1.807, 2.05) is 20.0 Å². The van der Waals surface area contributed by atoms with E-state index in [9.17, 15) is 0 Å². The summed E-state index contributed by atoms with van der Waals surface area (Å²) in [5.74, 6) is 0. The first-order valence-corrected chi connectivity index (χ1v) is 4.21. The summed E-state index contributed by atoms with van der Waals surface area (Å²) in [5, 5.41) is 0.389. The van der Waals surface area contributed by atoms with Crippen LogP contribution < -0.4 is 10.9 Å². The lowest BCUT2D eigenvalue weighted by molar-refractivity contribution is 0.621. The highest BCUT2D eigenvalue weighted by molar-refractivity contribution is 7.99. The first kappa shape index (κ1) is 9.01. The van der Waals surface area contributed by atoms with Gasteiger partial charge in [0.15, 0.2) is 0 Å². The van der Waals surface area contributed by atoms with Crippen molar-refractivity contribution >= 4 is 11.8 Å². The monoisotopic (exact) mass is 146 g/mol. The number of allylic oxidation sites excluding steroid dienone is 1. The number of hydrazine groups is 1. The van der Waals surface area contributed by atoms with Gasteiger partial charge in [0.25, 0.3) is 0 Å². The van der Waals surface area contributed by atoms with E-state index < -0.39 is 0 Å². The van der Waals surface area contributed by atoms with E-state index in [0.29, 0.717) is 5.37 Å². The standard InChI is InChI=1S/C6H14N2S/c1-4-5-6(9-3)8-7-2/h4-8H,1-3H3/b5-4-. The Kier molecular flexibility index (Phi) is 6.14. The van der Waals surface area contributed by atoms with E-state index in [2.05, 4.69) is 23.2 Å². The van der Waals surface area contributed by atoms with Crippen LogP contribution >= 0.6 is 11.8 Å². The van der Waals surface area contributed by atoms with Crippen molar-refractivity contribution in [3.63, 3.8) is 0 Å². The van der Waals surface area contributed by atoms with Gasteiger partial charge in [0.1, 0.15) is 0 Å². The van der Waals surface area contributed by atoms with Crippen LogP contribution in [0.3, 0.4) is 0 Å². The van der Waals surface area contributed by atoms with Crippen molar-refractivity contribution in [1.82, 2.24) is 10.9 Å². The van der Waals surface area contributed by atoms with E-state index >= 15 is 0 Å². The van der Waals surface area contributed by atoms with Gasteiger partial charge >= 0.3 is 0 Å². The lowest BCUT2D eigenvalue weighted by atomic mass is 10.5. The molecule has 54 valence electrons. The average molecular weight is 146 g/mol. The smallest absolute Gasteiger partial charge is 0.0844 e. The van der Waals surface area contributed by atoms with Gasteiger partial charge in [-0.3, -0.25) is 5.43 Å². The van der Waals surface area contributed by atoms with Gasteiger partial charge in [-0.15, -0.1) is 11.8 Å². The summed E-state index contributed by atoms with van der Waals surface area (Å²) < 4.78 is 0. The van der Waals surface area contributed by atoms with E-state index in [1.165, 1.54) is 0 Å². The van der Waals surface area contributed by atoms with Crippen LogP contribution in [0.2, 0.25) is 0 Å². The number of nitrogens with one attached hydrogen (secondary N) is 2. The molecule has 0 radical (unpaired) electrons. The Morgan fingerprint density at radius 2 is 2.22 bits per heavy atom. The van der Waals surface area contributed by atoms with Crippen LogP contribution in [0.25, 0.3) is 0 Å². The molecule has 0 bridgehead atoms. The van der Waals surface area contributed by atoms with Crippen molar-refractivity contribution in [3.8, 4) is 0 Å². The van der Waals surface area contributed by atoms with Crippen molar-refractivity contribution in [2.24, 2.45) is 0 Å². The van der Waals surface area contributed by atoms with Crippen LogP contribution in [0.1, 0.15) is 6.92 Å². The molecule has 0 aliphatic carbocycles. The molecular weight excluding hydrogens is 132 g/mol. The molecule has 0 spiro atoms. The van der Waals surface area contributed by atoms with Gasteiger partial charge in [0.2, 0.25) is 0 Å². The molecule has 0 aliphatic heterocycles. The molecule has 0 aromatic rings. The van der Waals surface area contributed by atoms with Crippen LogP contribution in [0.4, 0.5) is 0 Å². The molecular formula is C6H14N2S. The molecule has 0 aromatic heterocycles. The minimum absolute atomic E-state index is 0.389. The van der Waals surface area contributed by atoms with Crippen LogP contribution in [-0.4, -0.2) is 18.7 Å². The maximum Gasteiger partial charge on any atom is 0.0844 e. The summed E-state index contributed by atoms with van der Waals surface area (Å²) >= 11 is 1.76. The topological polar surface area (TPSA) is 24.1 Å². The summed E-state index contributed by atoms with van der Waals surface area (Å²) in [7, 11) is 1.87. The lowest BCUT2D eigenvalue weighted by Gasteiger charge is -2.09. The summed E-state index contributed by atoms with van der Waals surface area (Å²) in [4.78, 5) is 0. The van der Waals surface area contributed by atoms with Crippen molar-refractivity contribution in [2.45, 2.75) is 12.3 Å². The van der Waals surface area contributed by atoms with Gasteiger partial charge in [0, 0.05) is 0 Å². The minimum atomic E-state index is 0.389. The first-order valence-electron chi connectivity index (χ1n) is 2.93. The predicted octanol–water partition coefficient (Wildman–Crippen LogP) is 0.976. The van der Waals surface area contributed by atoms with Crippen molar-refractivity contribution < 1.29 is 0 Å². The quantitative estimate of drug-likeness (QED) is 0.351. The van der Waals surface area contributed by atoms with Crippen LogP contribution in [0, 0.1) is 0 Å². The molecule has 0 heterocycles. The predicted molar refractivity (Wildman–Crippen MR) is 44.3 cm³/mol. The zero-order valence-electron chi connectivity index (χ0n) is 6.14.